The fourth-order valence-electron chi connectivity index (χ4n) is 7.09. The number of aromatic nitrogens is 4. The second kappa shape index (κ2) is 12.2. The Labute approximate surface area is 268 Å². The molecule has 1 unspecified atom stereocenters. The van der Waals surface area contributed by atoms with Gasteiger partial charge < -0.3 is 14.5 Å². The zero-order chi connectivity index (χ0) is 32.2. The Bertz CT molecular complexity index is 1790. The summed E-state index contributed by atoms with van der Waals surface area (Å²) in [6, 6.07) is 6.21. The van der Waals surface area contributed by atoms with E-state index in [4.69, 9.17) is 26.3 Å². The van der Waals surface area contributed by atoms with E-state index in [0.717, 1.165) is 35.9 Å². The van der Waals surface area contributed by atoms with E-state index in [2.05, 4.69) is 35.3 Å². The lowest BCUT2D eigenvalue weighted by atomic mass is 9.96. The van der Waals surface area contributed by atoms with Gasteiger partial charge in [-0.15, -0.1) is 0 Å². The minimum Gasteiger partial charge on any atom is -0.462 e. The zero-order valence-electron chi connectivity index (χ0n) is 26.8. The van der Waals surface area contributed by atoms with Crippen LogP contribution in [0, 0.1) is 12.7 Å². The number of benzene rings is 2. The molecule has 2 saturated heterocycles. The number of aryl methyl sites for hydroxylation is 2. The summed E-state index contributed by atoms with van der Waals surface area (Å²) in [6.07, 6.45) is 5.24. The molecule has 3 atom stereocenters. The van der Waals surface area contributed by atoms with Gasteiger partial charge in [-0.25, -0.2) is 4.39 Å². The van der Waals surface area contributed by atoms with Gasteiger partial charge in [0.25, 0.3) is 0 Å². The molecule has 2 aromatic carbocycles. The predicted octanol–water partition coefficient (Wildman–Crippen LogP) is 6.15. The van der Waals surface area contributed by atoms with Crippen LogP contribution < -0.4 is 9.64 Å². The largest absolute Gasteiger partial charge is 0.462 e. The molecule has 0 saturated carbocycles. The summed E-state index contributed by atoms with van der Waals surface area (Å²) in [5.41, 5.74) is 2.76. The molecule has 0 bridgehead atoms. The summed E-state index contributed by atoms with van der Waals surface area (Å²) in [6.45, 7) is 16.4. The third-order valence-corrected chi connectivity index (χ3v) is 9.71. The number of nitrogens with zero attached hydrogens (tertiary/aromatic N) is 7. The van der Waals surface area contributed by atoms with Crippen molar-refractivity contribution >= 4 is 45.1 Å². The van der Waals surface area contributed by atoms with Crippen molar-refractivity contribution in [1.29, 1.82) is 0 Å². The number of likely N-dealkylation sites (tertiary alicyclic amines) is 1. The van der Waals surface area contributed by atoms with Crippen LogP contribution >= 0.6 is 11.6 Å². The molecule has 6 rings (SSSR count). The average molecular weight is 634 g/mol. The van der Waals surface area contributed by atoms with Gasteiger partial charge in [-0.05, 0) is 71.7 Å². The first-order valence-electron chi connectivity index (χ1n) is 15.7. The summed E-state index contributed by atoms with van der Waals surface area (Å²) in [4.78, 5) is 28.5. The maximum Gasteiger partial charge on any atom is 0.319 e. The Morgan fingerprint density at radius 3 is 2.71 bits per heavy atom. The van der Waals surface area contributed by atoms with Crippen LogP contribution in [-0.4, -0.2) is 85.9 Å². The second-order valence-corrected chi connectivity index (χ2v) is 13.1. The van der Waals surface area contributed by atoms with Crippen molar-refractivity contribution in [2.24, 2.45) is 7.05 Å². The normalized spacial score (nSPS) is 21.0. The van der Waals surface area contributed by atoms with E-state index >= 15 is 4.39 Å². The molecule has 0 aliphatic carbocycles. The molecule has 4 heterocycles. The van der Waals surface area contributed by atoms with Gasteiger partial charge in [0.15, 0.2) is 5.82 Å². The number of anilines is 1. The molecule has 0 radical (unpaired) electrons. The Hall–Kier alpha value is -3.76. The van der Waals surface area contributed by atoms with Crippen LogP contribution in [0.3, 0.4) is 0 Å². The van der Waals surface area contributed by atoms with Gasteiger partial charge in [-0.2, -0.15) is 15.1 Å². The predicted molar refractivity (Wildman–Crippen MR) is 177 cm³/mol. The minimum absolute atomic E-state index is 0.115. The van der Waals surface area contributed by atoms with Crippen molar-refractivity contribution in [3.63, 3.8) is 0 Å². The third kappa shape index (κ3) is 5.52. The van der Waals surface area contributed by atoms with E-state index in [1.807, 2.05) is 40.0 Å². The standard InChI is InChI=1S/C34H41ClFN7O2/c1-8-27(44)42-16-22(6)43(17-21(42)5)33-25-14-26(35)29(28-20(4)11-12-23-15-37-40(7)32(23)28)30(36)31(25)38-34(39-33)45-18-24-10-9-13-41(24)19(2)3/h8,11-12,14-15,19,21-22,24H,1,9-10,13,16-18H2,2-7H3/t21-,22+,24?/m1/s1. The van der Waals surface area contributed by atoms with E-state index in [0.29, 0.717) is 42.5 Å². The number of piperazine rings is 1. The van der Waals surface area contributed by atoms with Crippen LogP contribution in [0.15, 0.2) is 37.1 Å². The maximum absolute atomic E-state index is 17.0. The summed E-state index contributed by atoms with van der Waals surface area (Å²) in [5.74, 6) is -0.112. The fourth-order valence-corrected chi connectivity index (χ4v) is 7.38. The maximum atomic E-state index is 17.0. The number of hydrogen-bond acceptors (Lipinski definition) is 7. The van der Waals surface area contributed by atoms with Crippen molar-refractivity contribution in [3.05, 3.63) is 53.5 Å². The summed E-state index contributed by atoms with van der Waals surface area (Å²) in [5, 5.41) is 6.06. The molecule has 0 N–H and O–H groups in total. The number of halogens is 2. The van der Waals surface area contributed by atoms with Crippen LogP contribution in [0.25, 0.3) is 32.9 Å². The number of amides is 1. The second-order valence-electron chi connectivity index (χ2n) is 12.7. The van der Waals surface area contributed by atoms with Crippen molar-refractivity contribution in [2.75, 3.05) is 31.1 Å². The summed E-state index contributed by atoms with van der Waals surface area (Å²) in [7, 11) is 1.84. The quantitative estimate of drug-likeness (QED) is 0.226. The highest BCUT2D eigenvalue weighted by molar-refractivity contribution is 6.35. The van der Waals surface area contributed by atoms with Crippen LogP contribution in [0.4, 0.5) is 10.2 Å². The Kier molecular flexibility index (Phi) is 8.47. The molecule has 45 heavy (non-hydrogen) atoms. The van der Waals surface area contributed by atoms with Crippen molar-refractivity contribution < 1.29 is 13.9 Å². The zero-order valence-corrected chi connectivity index (χ0v) is 27.6. The molecule has 1 amide bonds. The topological polar surface area (TPSA) is 79.6 Å². The van der Waals surface area contributed by atoms with E-state index in [1.54, 1.807) is 21.8 Å². The number of carbonyl (C=O) groups excluding carboxylic acids is 1. The summed E-state index contributed by atoms with van der Waals surface area (Å²) >= 11 is 6.98. The van der Waals surface area contributed by atoms with E-state index in [9.17, 15) is 4.79 Å². The van der Waals surface area contributed by atoms with Gasteiger partial charge in [0.2, 0.25) is 5.91 Å². The number of carbonyl (C=O) groups is 1. The minimum atomic E-state index is -0.534. The lowest BCUT2D eigenvalue weighted by Crippen LogP contribution is -2.58. The molecule has 238 valence electrons. The molecule has 2 aromatic heterocycles. The molecule has 2 fully saturated rings. The average Bonchev–Trinajstić information content (AvgIpc) is 3.64. The van der Waals surface area contributed by atoms with Crippen molar-refractivity contribution in [3.8, 4) is 17.1 Å². The number of ether oxygens (including phenoxy) is 1. The van der Waals surface area contributed by atoms with E-state index in [1.165, 1.54) is 6.08 Å². The lowest BCUT2D eigenvalue weighted by Gasteiger charge is -2.44. The van der Waals surface area contributed by atoms with Crippen molar-refractivity contribution in [2.45, 2.75) is 71.6 Å². The number of fused-ring (bicyclic) bond motifs is 2. The van der Waals surface area contributed by atoms with Crippen molar-refractivity contribution in [1.82, 2.24) is 29.5 Å². The lowest BCUT2D eigenvalue weighted by molar-refractivity contribution is -0.128. The SMILES string of the molecule is C=CC(=O)N1C[C@H](C)N(c2nc(OCC3CCCN3C(C)C)nc3c(F)c(-c4c(C)ccc5cnn(C)c45)c(Cl)cc23)C[C@H]1C. The smallest absolute Gasteiger partial charge is 0.319 e. The van der Waals surface area contributed by atoms with E-state index in [-0.39, 0.29) is 46.1 Å². The monoisotopic (exact) mass is 633 g/mol. The molecular formula is C34H41ClFN7O2. The molecular weight excluding hydrogens is 593 g/mol. The molecule has 11 heteroatoms. The highest BCUT2D eigenvalue weighted by Crippen LogP contribution is 2.43. The fraction of sp³-hybridized carbons (Fsp3) is 0.471. The first kappa shape index (κ1) is 31.2. The van der Waals surface area contributed by atoms with Gasteiger partial charge in [0.1, 0.15) is 17.9 Å². The Morgan fingerprint density at radius 1 is 1.20 bits per heavy atom. The van der Waals surface area contributed by atoms with Gasteiger partial charge >= 0.3 is 6.01 Å². The number of hydrogen-bond donors (Lipinski definition) is 0. The highest BCUT2D eigenvalue weighted by atomic mass is 35.5. The molecule has 4 aromatic rings. The highest BCUT2D eigenvalue weighted by Gasteiger charge is 2.34. The molecule has 0 spiro atoms. The molecule has 2 aliphatic heterocycles. The molecule has 9 nitrogen and oxygen atoms in total. The van der Waals surface area contributed by atoms with Crippen LogP contribution in [0.5, 0.6) is 6.01 Å². The first-order chi connectivity index (χ1) is 21.5. The summed E-state index contributed by atoms with van der Waals surface area (Å²) < 4.78 is 25.1. The molecule has 2 aliphatic rings. The van der Waals surface area contributed by atoms with Gasteiger partial charge in [0, 0.05) is 66.2 Å². The van der Waals surface area contributed by atoms with Gasteiger partial charge in [-0.1, -0.05) is 30.3 Å². The van der Waals surface area contributed by atoms with Crippen LogP contribution in [0.2, 0.25) is 5.02 Å². The Morgan fingerprint density at radius 2 is 1.98 bits per heavy atom. The third-order valence-electron chi connectivity index (χ3n) is 9.41. The number of rotatable bonds is 7. The Balaban J connectivity index is 1.50. The van der Waals surface area contributed by atoms with Gasteiger partial charge in [-0.3, -0.25) is 14.4 Å². The first-order valence-corrected chi connectivity index (χ1v) is 16.1. The van der Waals surface area contributed by atoms with E-state index < -0.39 is 5.82 Å². The van der Waals surface area contributed by atoms with Crippen LogP contribution in [0.1, 0.15) is 46.1 Å². The van der Waals surface area contributed by atoms with Gasteiger partial charge in [0.05, 0.1) is 16.7 Å². The van der Waals surface area contributed by atoms with Crippen LogP contribution in [-0.2, 0) is 11.8 Å².